The van der Waals surface area contributed by atoms with Gasteiger partial charge in [-0.3, -0.25) is 10.1 Å². The van der Waals surface area contributed by atoms with E-state index in [9.17, 15) is 14.9 Å². The largest absolute Gasteiger partial charge is 0.464 e. The number of pyridine rings is 1. The molecular weight excluding hydrogens is 276 g/mol. The van der Waals surface area contributed by atoms with Crippen LogP contribution in [0.1, 0.15) is 17.4 Å². The first-order valence-corrected chi connectivity index (χ1v) is 6.63. The van der Waals surface area contributed by atoms with Crippen LogP contribution < -0.4 is 4.90 Å². The normalized spacial score (nSPS) is 19.4. The second-order valence-corrected chi connectivity index (χ2v) is 5.09. The summed E-state index contributed by atoms with van der Waals surface area (Å²) < 4.78 is 4.62. The summed E-state index contributed by atoms with van der Waals surface area (Å²) in [4.78, 5) is 30.5. The minimum absolute atomic E-state index is 0.0721. The molecule has 0 radical (unpaired) electrons. The van der Waals surface area contributed by atoms with Gasteiger partial charge in [0.1, 0.15) is 0 Å². The number of anilines is 1. The molecule has 0 N–H and O–H groups in total. The molecule has 1 atom stereocenters. The summed E-state index contributed by atoms with van der Waals surface area (Å²) in [6, 6.07) is 2.69. The van der Waals surface area contributed by atoms with Crippen molar-refractivity contribution in [1.82, 2.24) is 9.88 Å². The Hall–Kier alpha value is -2.22. The summed E-state index contributed by atoms with van der Waals surface area (Å²) in [5.74, 6) is -0.378. The smallest absolute Gasteiger partial charge is 0.356 e. The van der Waals surface area contributed by atoms with Crippen molar-refractivity contribution in [3.8, 4) is 0 Å². The molecule has 2 heterocycles. The number of ether oxygens (including phenoxy) is 1. The van der Waals surface area contributed by atoms with Crippen molar-refractivity contribution in [2.45, 2.75) is 13.0 Å². The van der Waals surface area contributed by atoms with Gasteiger partial charge in [-0.05, 0) is 20.0 Å². The van der Waals surface area contributed by atoms with Crippen molar-refractivity contribution in [3.63, 3.8) is 0 Å². The van der Waals surface area contributed by atoms with Crippen molar-refractivity contribution in [2.75, 3.05) is 38.7 Å². The standard InChI is InChI=1S/C13H18N4O4/c1-9-8-15(2)6-7-16(9)12-11(17(19)20)5-4-10(14-12)13(18)21-3/h4-5,9H,6-8H2,1-3H3. The molecule has 21 heavy (non-hydrogen) atoms. The fourth-order valence-corrected chi connectivity index (χ4v) is 2.47. The first-order chi connectivity index (χ1) is 9.93. The Kier molecular flexibility index (Phi) is 4.37. The summed E-state index contributed by atoms with van der Waals surface area (Å²) in [7, 11) is 3.25. The molecule has 1 unspecified atom stereocenters. The molecule has 0 saturated carbocycles. The minimum atomic E-state index is -0.604. The number of esters is 1. The van der Waals surface area contributed by atoms with Crippen LogP contribution in [-0.2, 0) is 4.74 Å². The van der Waals surface area contributed by atoms with Gasteiger partial charge in [-0.2, -0.15) is 0 Å². The zero-order valence-electron chi connectivity index (χ0n) is 12.3. The molecule has 1 saturated heterocycles. The van der Waals surface area contributed by atoms with E-state index >= 15 is 0 Å². The number of methoxy groups -OCH3 is 1. The summed E-state index contributed by atoms with van der Waals surface area (Å²) >= 11 is 0. The summed E-state index contributed by atoms with van der Waals surface area (Å²) in [6.07, 6.45) is 0. The van der Waals surface area contributed by atoms with Crippen LogP contribution in [0.4, 0.5) is 11.5 Å². The monoisotopic (exact) mass is 294 g/mol. The second kappa shape index (κ2) is 6.04. The van der Waals surface area contributed by atoms with Crippen LogP contribution in [0.5, 0.6) is 0 Å². The Morgan fingerprint density at radius 3 is 2.76 bits per heavy atom. The number of rotatable bonds is 3. The maximum Gasteiger partial charge on any atom is 0.356 e. The van der Waals surface area contributed by atoms with Crippen LogP contribution >= 0.6 is 0 Å². The quantitative estimate of drug-likeness (QED) is 0.465. The number of carbonyl (C=O) groups excluding carboxylic acids is 1. The Morgan fingerprint density at radius 2 is 2.19 bits per heavy atom. The van der Waals surface area contributed by atoms with Gasteiger partial charge in [-0.25, -0.2) is 9.78 Å². The molecule has 0 aliphatic carbocycles. The number of hydrogen-bond donors (Lipinski definition) is 0. The van der Waals surface area contributed by atoms with Gasteiger partial charge in [0, 0.05) is 31.7 Å². The average Bonchev–Trinajstić information content (AvgIpc) is 2.45. The highest BCUT2D eigenvalue weighted by Gasteiger charge is 2.29. The Balaban J connectivity index is 2.43. The van der Waals surface area contributed by atoms with Gasteiger partial charge >= 0.3 is 11.7 Å². The van der Waals surface area contributed by atoms with Crippen LogP contribution in [0.15, 0.2) is 12.1 Å². The molecule has 0 aromatic carbocycles. The van der Waals surface area contributed by atoms with Crippen molar-refractivity contribution in [3.05, 3.63) is 27.9 Å². The highest BCUT2D eigenvalue weighted by Crippen LogP contribution is 2.29. The molecule has 0 spiro atoms. The molecule has 1 aliphatic heterocycles. The van der Waals surface area contributed by atoms with Gasteiger partial charge in [-0.1, -0.05) is 0 Å². The first kappa shape index (κ1) is 15.2. The highest BCUT2D eigenvalue weighted by atomic mass is 16.6. The van der Waals surface area contributed by atoms with E-state index in [0.29, 0.717) is 6.54 Å². The molecule has 1 fully saturated rings. The minimum Gasteiger partial charge on any atom is -0.464 e. The first-order valence-electron chi connectivity index (χ1n) is 6.63. The molecule has 1 aromatic heterocycles. The number of hydrogen-bond acceptors (Lipinski definition) is 7. The Bertz CT molecular complexity index is 563. The lowest BCUT2D eigenvalue weighted by molar-refractivity contribution is -0.384. The van der Waals surface area contributed by atoms with E-state index < -0.39 is 10.9 Å². The van der Waals surface area contributed by atoms with Crippen molar-refractivity contribution in [2.24, 2.45) is 0 Å². The zero-order chi connectivity index (χ0) is 15.6. The lowest BCUT2D eigenvalue weighted by atomic mass is 10.2. The number of likely N-dealkylation sites (N-methyl/N-ethyl adjacent to an activating group) is 1. The molecule has 1 aliphatic rings. The van der Waals surface area contributed by atoms with E-state index in [4.69, 9.17) is 0 Å². The van der Waals surface area contributed by atoms with Crippen molar-refractivity contribution >= 4 is 17.5 Å². The molecule has 0 bridgehead atoms. The molecule has 8 heteroatoms. The van der Waals surface area contributed by atoms with E-state index in [1.165, 1.54) is 19.2 Å². The fraction of sp³-hybridized carbons (Fsp3) is 0.538. The molecule has 0 amide bonds. The maximum atomic E-state index is 11.6. The average molecular weight is 294 g/mol. The SMILES string of the molecule is COC(=O)c1ccc([N+](=O)[O-])c(N2CCN(C)CC2C)n1. The lowest BCUT2D eigenvalue weighted by Gasteiger charge is -2.38. The van der Waals surface area contributed by atoms with Crippen LogP contribution in [0.3, 0.4) is 0 Å². The predicted molar refractivity (Wildman–Crippen MR) is 76.5 cm³/mol. The third-order valence-corrected chi connectivity index (χ3v) is 3.55. The third-order valence-electron chi connectivity index (χ3n) is 3.55. The summed E-state index contributed by atoms with van der Waals surface area (Å²) in [6.45, 7) is 4.16. The zero-order valence-corrected chi connectivity index (χ0v) is 12.3. The van der Waals surface area contributed by atoms with Gasteiger partial charge in [-0.15, -0.1) is 0 Å². The molecular formula is C13H18N4O4. The number of nitrogens with zero attached hydrogens (tertiary/aromatic N) is 4. The Morgan fingerprint density at radius 1 is 1.48 bits per heavy atom. The summed E-state index contributed by atoms with van der Waals surface area (Å²) in [5, 5.41) is 11.2. The fourth-order valence-electron chi connectivity index (χ4n) is 2.47. The molecule has 1 aromatic rings. The third kappa shape index (κ3) is 3.10. The van der Waals surface area contributed by atoms with E-state index in [0.717, 1.165) is 13.1 Å². The molecule has 2 rings (SSSR count). The topological polar surface area (TPSA) is 88.8 Å². The Labute approximate surface area is 122 Å². The molecule has 8 nitrogen and oxygen atoms in total. The summed E-state index contributed by atoms with van der Waals surface area (Å²) in [5.41, 5.74) is -0.0247. The van der Waals surface area contributed by atoms with Crippen LogP contribution in [0.2, 0.25) is 0 Å². The van der Waals surface area contributed by atoms with E-state index in [-0.39, 0.29) is 23.2 Å². The number of aromatic nitrogens is 1. The number of carbonyl (C=O) groups is 1. The van der Waals surface area contributed by atoms with Crippen LogP contribution in [0.25, 0.3) is 0 Å². The maximum absolute atomic E-state index is 11.6. The van der Waals surface area contributed by atoms with Crippen LogP contribution in [-0.4, -0.2) is 60.6 Å². The molecule has 114 valence electrons. The van der Waals surface area contributed by atoms with Crippen LogP contribution in [0, 0.1) is 10.1 Å². The van der Waals surface area contributed by atoms with Gasteiger partial charge in [0.2, 0.25) is 5.82 Å². The van der Waals surface area contributed by atoms with E-state index in [1.807, 2.05) is 18.9 Å². The van der Waals surface area contributed by atoms with Crippen molar-refractivity contribution in [1.29, 1.82) is 0 Å². The lowest BCUT2D eigenvalue weighted by Crippen LogP contribution is -2.51. The highest BCUT2D eigenvalue weighted by molar-refractivity contribution is 5.88. The predicted octanol–water partition coefficient (Wildman–Crippen LogP) is 0.917. The van der Waals surface area contributed by atoms with E-state index in [2.05, 4.69) is 14.6 Å². The van der Waals surface area contributed by atoms with Gasteiger partial charge in [0.05, 0.1) is 12.0 Å². The van der Waals surface area contributed by atoms with E-state index in [1.54, 1.807) is 0 Å². The van der Waals surface area contributed by atoms with Gasteiger partial charge in [0.25, 0.3) is 0 Å². The second-order valence-electron chi connectivity index (χ2n) is 5.09. The van der Waals surface area contributed by atoms with Gasteiger partial charge < -0.3 is 14.5 Å². The number of piperazine rings is 1. The van der Waals surface area contributed by atoms with Crippen molar-refractivity contribution < 1.29 is 14.5 Å². The van der Waals surface area contributed by atoms with Gasteiger partial charge in [0.15, 0.2) is 5.69 Å². The number of nitro groups is 1.